The zero-order valence-electron chi connectivity index (χ0n) is 14.9. The molecule has 0 N–H and O–H groups in total. The summed E-state index contributed by atoms with van der Waals surface area (Å²) in [6.07, 6.45) is 13.3. The Kier molecular flexibility index (Phi) is 3.51. The van der Waals surface area contributed by atoms with Crippen LogP contribution in [0.5, 0.6) is 0 Å². The van der Waals surface area contributed by atoms with Gasteiger partial charge in [-0.25, -0.2) is 0 Å². The van der Waals surface area contributed by atoms with Crippen LogP contribution in [0, 0.1) is 40.4 Å². The Morgan fingerprint density at radius 3 is 2.59 bits per heavy atom. The molecule has 0 aliphatic heterocycles. The smallest absolute Gasteiger partial charge is 0.139 e. The highest BCUT2D eigenvalue weighted by Gasteiger charge is 2.62. The van der Waals surface area contributed by atoms with Crippen molar-refractivity contribution < 1.29 is 4.79 Å². The Morgan fingerprint density at radius 2 is 1.82 bits per heavy atom. The molecule has 0 heterocycles. The highest BCUT2D eigenvalue weighted by Crippen LogP contribution is 2.66. The van der Waals surface area contributed by atoms with Gasteiger partial charge < -0.3 is 0 Å². The lowest BCUT2D eigenvalue weighted by atomic mass is 9.44. The normalized spacial score (nSPS) is 54.5. The van der Waals surface area contributed by atoms with Crippen LogP contribution >= 0.6 is 0 Å². The van der Waals surface area contributed by atoms with Gasteiger partial charge in [0.2, 0.25) is 0 Å². The van der Waals surface area contributed by atoms with E-state index in [1.807, 2.05) is 0 Å². The average Bonchev–Trinajstić information content (AvgIpc) is 2.86. The zero-order chi connectivity index (χ0) is 15.5. The van der Waals surface area contributed by atoms with E-state index in [0.717, 1.165) is 18.3 Å². The molecule has 0 unspecified atom stereocenters. The van der Waals surface area contributed by atoms with Crippen LogP contribution in [0.2, 0.25) is 0 Å². The zero-order valence-corrected chi connectivity index (χ0v) is 14.9. The fourth-order valence-electron chi connectivity index (χ4n) is 7.77. The van der Waals surface area contributed by atoms with E-state index < -0.39 is 0 Å². The van der Waals surface area contributed by atoms with Gasteiger partial charge in [-0.3, -0.25) is 4.79 Å². The van der Waals surface area contributed by atoms with Crippen molar-refractivity contribution >= 4 is 5.78 Å². The fraction of sp³-hybridized carbons (Fsp3) is 0.952. The SMILES string of the molecule is CC[C@H]1CC[C@H]2[C@@H]3CC[C@H]4CCCC[C@]4(C)[C@H]3CC(=O)[C@]12C. The molecule has 0 aromatic heterocycles. The van der Waals surface area contributed by atoms with E-state index in [-0.39, 0.29) is 5.41 Å². The van der Waals surface area contributed by atoms with E-state index in [1.54, 1.807) is 0 Å². The van der Waals surface area contributed by atoms with E-state index >= 15 is 0 Å². The Labute approximate surface area is 136 Å². The number of rotatable bonds is 1. The lowest BCUT2D eigenvalue weighted by molar-refractivity contribution is -0.155. The number of carbonyl (C=O) groups excluding carboxylic acids is 1. The maximum atomic E-state index is 13.2. The highest BCUT2D eigenvalue weighted by atomic mass is 16.1. The van der Waals surface area contributed by atoms with Crippen LogP contribution in [-0.2, 0) is 4.79 Å². The largest absolute Gasteiger partial charge is 0.299 e. The fourth-order valence-corrected chi connectivity index (χ4v) is 7.77. The molecule has 0 bridgehead atoms. The third-order valence-corrected chi connectivity index (χ3v) is 9.12. The summed E-state index contributed by atoms with van der Waals surface area (Å²) in [6, 6.07) is 0. The highest BCUT2D eigenvalue weighted by molar-refractivity contribution is 5.87. The van der Waals surface area contributed by atoms with E-state index in [4.69, 9.17) is 0 Å². The molecule has 7 atom stereocenters. The maximum absolute atomic E-state index is 13.2. The monoisotopic (exact) mass is 302 g/mol. The van der Waals surface area contributed by atoms with Crippen LogP contribution in [0.25, 0.3) is 0 Å². The second-order valence-corrected chi connectivity index (χ2v) is 9.50. The number of ketones is 1. The molecule has 4 aliphatic rings. The van der Waals surface area contributed by atoms with Crippen molar-refractivity contribution in [1.82, 2.24) is 0 Å². The van der Waals surface area contributed by atoms with Crippen LogP contribution in [-0.4, -0.2) is 5.78 Å². The van der Waals surface area contributed by atoms with Gasteiger partial charge in [0.15, 0.2) is 0 Å². The van der Waals surface area contributed by atoms with Crippen molar-refractivity contribution in [3.8, 4) is 0 Å². The summed E-state index contributed by atoms with van der Waals surface area (Å²) in [7, 11) is 0. The van der Waals surface area contributed by atoms with E-state index in [2.05, 4.69) is 20.8 Å². The Hall–Kier alpha value is -0.330. The van der Waals surface area contributed by atoms with Gasteiger partial charge in [-0.2, -0.15) is 0 Å². The molecule has 4 saturated carbocycles. The van der Waals surface area contributed by atoms with Crippen molar-refractivity contribution in [2.24, 2.45) is 40.4 Å². The molecule has 0 radical (unpaired) electrons. The molecule has 1 nitrogen and oxygen atoms in total. The molecule has 0 saturated heterocycles. The maximum Gasteiger partial charge on any atom is 0.139 e. The lowest BCUT2D eigenvalue weighted by Crippen LogP contribution is -2.56. The molecule has 1 heteroatoms. The molecule has 0 spiro atoms. The van der Waals surface area contributed by atoms with Crippen LogP contribution < -0.4 is 0 Å². The van der Waals surface area contributed by atoms with Crippen molar-refractivity contribution in [3.05, 3.63) is 0 Å². The topological polar surface area (TPSA) is 17.1 Å². The van der Waals surface area contributed by atoms with Crippen LogP contribution in [0.3, 0.4) is 0 Å². The molecule has 0 amide bonds. The second kappa shape index (κ2) is 5.08. The minimum absolute atomic E-state index is 0.0355. The number of hydrogen-bond donors (Lipinski definition) is 0. The lowest BCUT2D eigenvalue weighted by Gasteiger charge is -2.59. The first kappa shape index (κ1) is 15.2. The summed E-state index contributed by atoms with van der Waals surface area (Å²) in [5.41, 5.74) is 0.524. The standard InChI is InChI=1S/C21H34O/c1-4-14-9-11-17-16-10-8-15-7-5-6-12-20(15,2)18(16)13-19(22)21(14,17)3/h14-18H,4-13H2,1-3H3/t14-,15+,16-,17-,18-,20-,21+/m0/s1. The van der Waals surface area contributed by atoms with Gasteiger partial charge in [0.25, 0.3) is 0 Å². The Morgan fingerprint density at radius 1 is 1.00 bits per heavy atom. The predicted octanol–water partition coefficient (Wildman–Crippen LogP) is 5.62. The second-order valence-electron chi connectivity index (χ2n) is 9.50. The number of carbonyl (C=O) groups is 1. The minimum Gasteiger partial charge on any atom is -0.299 e. The van der Waals surface area contributed by atoms with Crippen LogP contribution in [0.15, 0.2) is 0 Å². The quantitative estimate of drug-likeness (QED) is 0.614. The first-order chi connectivity index (χ1) is 10.5. The summed E-state index contributed by atoms with van der Waals surface area (Å²) < 4.78 is 0. The number of Topliss-reactive ketones (excluding diaryl/α,β-unsaturated/α-hetero) is 1. The Bertz CT molecular complexity index is 469. The third-order valence-electron chi connectivity index (χ3n) is 9.12. The van der Waals surface area contributed by atoms with Gasteiger partial charge in [-0.15, -0.1) is 0 Å². The molecule has 124 valence electrons. The van der Waals surface area contributed by atoms with Crippen LogP contribution in [0.4, 0.5) is 0 Å². The molecule has 4 aliphatic carbocycles. The van der Waals surface area contributed by atoms with Gasteiger partial charge in [0.05, 0.1) is 0 Å². The molecular weight excluding hydrogens is 268 g/mol. The Balaban J connectivity index is 1.69. The predicted molar refractivity (Wildman–Crippen MR) is 90.5 cm³/mol. The van der Waals surface area contributed by atoms with Gasteiger partial charge in [0.1, 0.15) is 5.78 Å². The minimum atomic E-state index is 0.0355. The number of hydrogen-bond acceptors (Lipinski definition) is 1. The van der Waals surface area contributed by atoms with Gasteiger partial charge in [-0.05, 0) is 73.5 Å². The van der Waals surface area contributed by atoms with Crippen molar-refractivity contribution in [1.29, 1.82) is 0 Å². The van der Waals surface area contributed by atoms with E-state index in [9.17, 15) is 4.79 Å². The summed E-state index contributed by atoms with van der Waals surface area (Å²) >= 11 is 0. The summed E-state index contributed by atoms with van der Waals surface area (Å²) in [5, 5.41) is 0. The molecule has 0 aromatic rings. The summed E-state index contributed by atoms with van der Waals surface area (Å²) in [4.78, 5) is 13.2. The molecule has 22 heavy (non-hydrogen) atoms. The first-order valence-corrected chi connectivity index (χ1v) is 10.0. The van der Waals surface area contributed by atoms with Gasteiger partial charge >= 0.3 is 0 Å². The third kappa shape index (κ3) is 1.80. The molecule has 0 aromatic carbocycles. The number of fused-ring (bicyclic) bond motifs is 5. The van der Waals surface area contributed by atoms with Crippen molar-refractivity contribution in [2.45, 2.75) is 85.0 Å². The van der Waals surface area contributed by atoms with Crippen molar-refractivity contribution in [3.63, 3.8) is 0 Å². The van der Waals surface area contributed by atoms with Crippen LogP contribution in [0.1, 0.15) is 85.0 Å². The molecule has 4 rings (SSSR count). The van der Waals surface area contributed by atoms with Crippen molar-refractivity contribution in [2.75, 3.05) is 0 Å². The summed E-state index contributed by atoms with van der Waals surface area (Å²) in [6.45, 7) is 7.22. The van der Waals surface area contributed by atoms with E-state index in [1.165, 1.54) is 57.8 Å². The summed E-state index contributed by atoms with van der Waals surface area (Å²) in [5.74, 6) is 4.52. The van der Waals surface area contributed by atoms with Gasteiger partial charge in [0, 0.05) is 11.8 Å². The molecule has 4 fully saturated rings. The average molecular weight is 303 g/mol. The van der Waals surface area contributed by atoms with Gasteiger partial charge in [-0.1, -0.05) is 40.0 Å². The molecular formula is C21H34O. The van der Waals surface area contributed by atoms with E-state index in [0.29, 0.717) is 29.0 Å². The first-order valence-electron chi connectivity index (χ1n) is 10.0.